The number of amides is 2. The Bertz CT molecular complexity index is 708. The molecule has 0 saturated carbocycles. The van der Waals surface area contributed by atoms with Crippen molar-refractivity contribution < 1.29 is 19.8 Å². The van der Waals surface area contributed by atoms with Gasteiger partial charge in [-0.2, -0.15) is 5.10 Å². The van der Waals surface area contributed by atoms with Gasteiger partial charge in [0.25, 0.3) is 0 Å². The second-order valence-corrected chi connectivity index (χ2v) is 4.39. The summed E-state index contributed by atoms with van der Waals surface area (Å²) in [6, 6.07) is 3.46. The number of aromatic carboxylic acids is 1. The largest absolute Gasteiger partial charge is 0.505 e. The molecule has 0 atom stereocenters. The quantitative estimate of drug-likeness (QED) is 0.643. The van der Waals surface area contributed by atoms with Crippen LogP contribution in [0.5, 0.6) is 5.75 Å². The van der Waals surface area contributed by atoms with Crippen LogP contribution in [-0.2, 0) is 7.05 Å². The lowest BCUT2D eigenvalue weighted by Crippen LogP contribution is -2.20. The van der Waals surface area contributed by atoms with Gasteiger partial charge in [0.05, 0.1) is 17.1 Å². The predicted octanol–water partition coefficient (Wildman–Crippen LogP) is 1.78. The number of rotatable bonds is 3. The molecule has 1 heterocycles. The van der Waals surface area contributed by atoms with Gasteiger partial charge in [-0.1, -0.05) is 6.07 Å². The minimum atomic E-state index is -1.28. The van der Waals surface area contributed by atoms with E-state index in [1.165, 1.54) is 18.2 Å². The summed E-state index contributed by atoms with van der Waals surface area (Å²) in [6.07, 6.45) is 1.63. The van der Waals surface area contributed by atoms with E-state index >= 15 is 0 Å². The Labute approximate surface area is 120 Å². The van der Waals surface area contributed by atoms with Crippen LogP contribution in [0.15, 0.2) is 24.4 Å². The summed E-state index contributed by atoms with van der Waals surface area (Å²) in [5.41, 5.74) is 0.874. The van der Waals surface area contributed by atoms with E-state index in [-0.39, 0.29) is 11.3 Å². The van der Waals surface area contributed by atoms with E-state index in [4.69, 9.17) is 5.11 Å². The van der Waals surface area contributed by atoms with Crippen LogP contribution >= 0.6 is 0 Å². The van der Waals surface area contributed by atoms with Gasteiger partial charge in [0.15, 0.2) is 5.75 Å². The van der Waals surface area contributed by atoms with Crippen molar-refractivity contribution in [1.29, 1.82) is 0 Å². The first-order valence-corrected chi connectivity index (χ1v) is 6.02. The molecule has 0 spiro atoms. The summed E-state index contributed by atoms with van der Waals surface area (Å²) >= 11 is 0. The molecule has 0 aliphatic rings. The molecule has 0 fully saturated rings. The minimum Gasteiger partial charge on any atom is -0.505 e. The number of aromatic nitrogens is 2. The average Bonchev–Trinajstić information content (AvgIpc) is 2.70. The van der Waals surface area contributed by atoms with Crippen LogP contribution in [0.3, 0.4) is 0 Å². The molecule has 4 N–H and O–H groups in total. The number of nitrogens with one attached hydrogen (secondary N) is 2. The van der Waals surface area contributed by atoms with Crippen LogP contribution < -0.4 is 10.6 Å². The highest BCUT2D eigenvalue weighted by Gasteiger charge is 2.15. The van der Waals surface area contributed by atoms with Gasteiger partial charge in [0, 0.05) is 13.2 Å². The van der Waals surface area contributed by atoms with E-state index in [0.29, 0.717) is 11.4 Å². The number of carboxylic acid groups (broad SMARTS) is 1. The zero-order valence-corrected chi connectivity index (χ0v) is 11.4. The minimum absolute atomic E-state index is 0.00828. The second-order valence-electron chi connectivity index (χ2n) is 4.39. The number of carbonyl (C=O) groups is 2. The van der Waals surface area contributed by atoms with Gasteiger partial charge in [0.1, 0.15) is 5.56 Å². The van der Waals surface area contributed by atoms with Crippen LogP contribution in [0.4, 0.5) is 16.2 Å². The number of carboxylic acids is 1. The first-order valence-electron chi connectivity index (χ1n) is 6.02. The van der Waals surface area contributed by atoms with Crippen molar-refractivity contribution >= 4 is 23.4 Å². The predicted molar refractivity (Wildman–Crippen MR) is 75.7 cm³/mol. The number of nitrogens with zero attached hydrogens (tertiary/aromatic N) is 2. The van der Waals surface area contributed by atoms with E-state index in [1.807, 2.05) is 0 Å². The van der Waals surface area contributed by atoms with Gasteiger partial charge >= 0.3 is 12.0 Å². The third-order valence-electron chi connectivity index (χ3n) is 2.78. The molecule has 0 aliphatic heterocycles. The maximum Gasteiger partial charge on any atom is 0.339 e. The Morgan fingerprint density at radius 1 is 1.24 bits per heavy atom. The molecule has 0 saturated heterocycles. The standard InChI is InChI=1S/C13H14N4O4/c1-7-10(6-17(2)16-7)15-13(21)14-9-5-3-4-8(11(9)18)12(19)20/h3-6,18H,1-2H3,(H,19,20)(H2,14,15,21). The van der Waals surface area contributed by atoms with Gasteiger partial charge in [-0.05, 0) is 19.1 Å². The Morgan fingerprint density at radius 3 is 2.48 bits per heavy atom. The molecule has 0 bridgehead atoms. The number of benzene rings is 1. The molecule has 1 aromatic heterocycles. The maximum atomic E-state index is 11.9. The summed E-state index contributed by atoms with van der Waals surface area (Å²) in [5, 5.41) is 27.7. The Kier molecular flexibility index (Phi) is 3.79. The molecular formula is C13H14N4O4. The van der Waals surface area contributed by atoms with Crippen molar-refractivity contribution in [2.24, 2.45) is 7.05 Å². The van der Waals surface area contributed by atoms with Crippen molar-refractivity contribution in [3.05, 3.63) is 35.7 Å². The molecule has 0 unspecified atom stereocenters. The van der Waals surface area contributed by atoms with Crippen molar-refractivity contribution in [3.8, 4) is 5.75 Å². The number of urea groups is 1. The van der Waals surface area contributed by atoms with Crippen molar-refractivity contribution in [2.75, 3.05) is 10.6 Å². The Morgan fingerprint density at radius 2 is 1.90 bits per heavy atom. The molecule has 21 heavy (non-hydrogen) atoms. The van der Waals surface area contributed by atoms with Crippen LogP contribution in [0.1, 0.15) is 16.1 Å². The number of anilines is 2. The van der Waals surface area contributed by atoms with E-state index < -0.39 is 17.7 Å². The third kappa shape index (κ3) is 3.11. The van der Waals surface area contributed by atoms with E-state index in [1.54, 1.807) is 24.9 Å². The van der Waals surface area contributed by atoms with Crippen LogP contribution in [0.2, 0.25) is 0 Å². The molecule has 110 valence electrons. The highest BCUT2D eigenvalue weighted by molar-refractivity contribution is 6.02. The van der Waals surface area contributed by atoms with Gasteiger partial charge in [0.2, 0.25) is 0 Å². The van der Waals surface area contributed by atoms with Crippen LogP contribution in [0.25, 0.3) is 0 Å². The zero-order chi connectivity index (χ0) is 15.6. The molecular weight excluding hydrogens is 276 g/mol. The molecule has 2 rings (SSSR count). The smallest absolute Gasteiger partial charge is 0.339 e. The second kappa shape index (κ2) is 5.53. The van der Waals surface area contributed by atoms with Crippen molar-refractivity contribution in [3.63, 3.8) is 0 Å². The molecule has 8 heteroatoms. The SMILES string of the molecule is Cc1nn(C)cc1NC(=O)Nc1cccc(C(=O)O)c1O. The first kappa shape index (κ1) is 14.4. The average molecular weight is 290 g/mol. The van der Waals surface area contributed by atoms with Crippen molar-refractivity contribution in [2.45, 2.75) is 6.92 Å². The molecule has 1 aromatic carbocycles. The highest BCUT2D eigenvalue weighted by atomic mass is 16.4. The highest BCUT2D eigenvalue weighted by Crippen LogP contribution is 2.27. The first-order chi connectivity index (χ1) is 9.88. The number of hydrogen-bond donors (Lipinski definition) is 4. The van der Waals surface area contributed by atoms with E-state index in [0.717, 1.165) is 0 Å². The molecule has 0 radical (unpaired) electrons. The van der Waals surface area contributed by atoms with Gasteiger partial charge < -0.3 is 20.8 Å². The normalized spacial score (nSPS) is 10.2. The summed E-state index contributed by atoms with van der Waals surface area (Å²) in [4.78, 5) is 22.8. The molecule has 8 nitrogen and oxygen atoms in total. The Hall–Kier alpha value is -3.03. The van der Waals surface area contributed by atoms with Crippen LogP contribution in [0, 0.1) is 6.92 Å². The number of aromatic hydroxyl groups is 1. The fraction of sp³-hybridized carbons (Fsp3) is 0.154. The lowest BCUT2D eigenvalue weighted by Gasteiger charge is -2.09. The number of carbonyl (C=O) groups excluding carboxylic acids is 1. The zero-order valence-electron chi connectivity index (χ0n) is 11.4. The third-order valence-corrected chi connectivity index (χ3v) is 2.78. The summed E-state index contributed by atoms with van der Waals surface area (Å²) in [5.74, 6) is -1.78. The number of aryl methyl sites for hydroxylation is 2. The number of para-hydroxylation sites is 1. The van der Waals surface area contributed by atoms with Crippen LogP contribution in [-0.4, -0.2) is 32.0 Å². The molecule has 2 aromatic rings. The summed E-state index contributed by atoms with van der Waals surface area (Å²) < 4.78 is 1.55. The maximum absolute atomic E-state index is 11.9. The summed E-state index contributed by atoms with van der Waals surface area (Å²) in [7, 11) is 1.72. The van der Waals surface area contributed by atoms with Gasteiger partial charge in [-0.15, -0.1) is 0 Å². The number of phenols is 1. The van der Waals surface area contributed by atoms with E-state index in [9.17, 15) is 14.7 Å². The van der Waals surface area contributed by atoms with E-state index in [2.05, 4.69) is 15.7 Å². The summed E-state index contributed by atoms with van der Waals surface area (Å²) in [6.45, 7) is 1.73. The molecule has 0 aliphatic carbocycles. The number of hydrogen-bond acceptors (Lipinski definition) is 4. The van der Waals surface area contributed by atoms with Gasteiger partial charge in [-0.25, -0.2) is 9.59 Å². The monoisotopic (exact) mass is 290 g/mol. The molecule has 2 amide bonds. The lowest BCUT2D eigenvalue weighted by molar-refractivity contribution is 0.0694. The topological polar surface area (TPSA) is 116 Å². The van der Waals surface area contributed by atoms with Gasteiger partial charge in [-0.3, -0.25) is 4.68 Å². The fourth-order valence-electron chi connectivity index (χ4n) is 1.82. The fourth-order valence-corrected chi connectivity index (χ4v) is 1.82. The lowest BCUT2D eigenvalue weighted by atomic mass is 10.1. The van der Waals surface area contributed by atoms with Crippen molar-refractivity contribution in [1.82, 2.24) is 9.78 Å². The Balaban J connectivity index is 2.15.